The van der Waals surface area contributed by atoms with E-state index in [1.54, 1.807) is 38.1 Å². The Bertz CT molecular complexity index is 1170. The number of nitrogens with zero attached hydrogens (tertiary/aromatic N) is 3. The molecular weight excluding hydrogens is 440 g/mol. The average molecular weight is 471 g/mol. The molecule has 0 atom stereocenters. The topological polar surface area (TPSA) is 142 Å². The number of unbranched alkanes of at least 4 members (excludes halogenated alkanes) is 2. The molecule has 1 fully saturated rings. The molecule has 1 saturated heterocycles. The number of imide groups is 1. The van der Waals surface area contributed by atoms with Crippen molar-refractivity contribution >= 4 is 34.5 Å². The van der Waals surface area contributed by atoms with Gasteiger partial charge in [-0.15, -0.1) is 0 Å². The monoisotopic (exact) mass is 470 g/mol. The predicted molar refractivity (Wildman–Crippen MR) is 125 cm³/mol. The summed E-state index contributed by atoms with van der Waals surface area (Å²) in [6.45, 7) is 5.75. The smallest absolute Gasteiger partial charge is 0.324 e. The number of hydrogen-bond donors (Lipinski definition) is 3. The number of aryl methyl sites for hydroxylation is 1. The molecule has 11 heteroatoms. The summed E-state index contributed by atoms with van der Waals surface area (Å²) >= 11 is 0. The Morgan fingerprint density at radius 2 is 1.71 bits per heavy atom. The molecule has 0 radical (unpaired) electrons. The molecular formula is C23H30N6O5. The van der Waals surface area contributed by atoms with Gasteiger partial charge in [0, 0.05) is 24.9 Å². The summed E-state index contributed by atoms with van der Waals surface area (Å²) in [5.74, 6) is -1.48. The minimum atomic E-state index is -0.962. The molecule has 2 heterocycles. The molecule has 1 aliphatic heterocycles. The van der Waals surface area contributed by atoms with Gasteiger partial charge in [-0.25, -0.2) is 9.48 Å². The highest BCUT2D eigenvalue weighted by molar-refractivity contribution is 6.06. The van der Waals surface area contributed by atoms with Crippen LogP contribution < -0.4 is 21.7 Å². The fourth-order valence-corrected chi connectivity index (χ4v) is 3.73. The van der Waals surface area contributed by atoms with Gasteiger partial charge in [-0.1, -0.05) is 38.0 Å². The number of rotatable bonds is 9. The van der Waals surface area contributed by atoms with Gasteiger partial charge in [0.1, 0.15) is 5.54 Å². The largest absolute Gasteiger partial charge is 0.325 e. The van der Waals surface area contributed by atoms with Crippen molar-refractivity contribution in [3.8, 4) is 0 Å². The molecule has 0 saturated carbocycles. The standard InChI is InChI=1S/C23H30N6O5/c1-4-5-8-14-29-20(32)16-11-7-6-10-15(16)18(27-29)19(31)26-25-17(30)12-9-13-28-21(33)23(2,3)24-22(28)34/h6-7,10-11H,4-5,8-9,12-14H2,1-3H3,(H,24,34)(H,25,30)(H,26,31). The van der Waals surface area contributed by atoms with E-state index >= 15 is 0 Å². The van der Waals surface area contributed by atoms with E-state index < -0.39 is 23.4 Å². The SMILES string of the molecule is CCCCCn1nc(C(=O)NNC(=O)CCCN2C(=O)NC(C)(C)C2=O)c2ccccc2c1=O. The van der Waals surface area contributed by atoms with Crippen LogP contribution in [0, 0.1) is 0 Å². The first-order valence-corrected chi connectivity index (χ1v) is 11.4. The second kappa shape index (κ2) is 10.4. The molecule has 1 aliphatic rings. The molecule has 3 rings (SSSR count). The fraction of sp³-hybridized carbons (Fsp3) is 0.478. The summed E-state index contributed by atoms with van der Waals surface area (Å²) in [6, 6.07) is 6.21. The number of urea groups is 1. The molecule has 1 aromatic carbocycles. The Kier molecular flexibility index (Phi) is 7.64. The van der Waals surface area contributed by atoms with E-state index in [2.05, 4.69) is 28.2 Å². The molecule has 1 aromatic heterocycles. The minimum absolute atomic E-state index is 0.0114. The number of hydrogen-bond acceptors (Lipinski definition) is 6. The van der Waals surface area contributed by atoms with Crippen molar-refractivity contribution in [1.82, 2.24) is 30.8 Å². The van der Waals surface area contributed by atoms with Crippen molar-refractivity contribution in [2.24, 2.45) is 0 Å². The van der Waals surface area contributed by atoms with Crippen LogP contribution in [0.15, 0.2) is 29.1 Å². The van der Waals surface area contributed by atoms with Gasteiger partial charge in [-0.05, 0) is 32.8 Å². The van der Waals surface area contributed by atoms with Gasteiger partial charge in [0.2, 0.25) is 5.91 Å². The van der Waals surface area contributed by atoms with Crippen molar-refractivity contribution in [2.75, 3.05) is 6.54 Å². The third kappa shape index (κ3) is 5.41. The number of amides is 5. The molecule has 0 unspecified atom stereocenters. The number of fused-ring (bicyclic) bond motifs is 1. The highest BCUT2D eigenvalue weighted by atomic mass is 16.2. The van der Waals surface area contributed by atoms with Crippen LogP contribution in [-0.2, 0) is 16.1 Å². The lowest BCUT2D eigenvalue weighted by Gasteiger charge is -2.15. The van der Waals surface area contributed by atoms with Crippen molar-refractivity contribution in [2.45, 2.75) is 65.0 Å². The maximum atomic E-state index is 12.8. The number of carbonyl (C=O) groups excluding carboxylic acids is 4. The van der Waals surface area contributed by atoms with Crippen LogP contribution in [0.2, 0.25) is 0 Å². The van der Waals surface area contributed by atoms with Gasteiger partial charge in [0.15, 0.2) is 5.69 Å². The normalized spacial score (nSPS) is 14.9. The lowest BCUT2D eigenvalue weighted by molar-refractivity contribution is -0.130. The van der Waals surface area contributed by atoms with E-state index in [1.165, 1.54) is 4.68 Å². The van der Waals surface area contributed by atoms with E-state index in [9.17, 15) is 24.0 Å². The molecule has 182 valence electrons. The van der Waals surface area contributed by atoms with Crippen LogP contribution in [0.25, 0.3) is 10.8 Å². The highest BCUT2D eigenvalue weighted by Crippen LogP contribution is 2.17. The quantitative estimate of drug-likeness (QED) is 0.288. The summed E-state index contributed by atoms with van der Waals surface area (Å²) in [6.07, 6.45) is 2.90. The lowest BCUT2D eigenvalue weighted by Crippen LogP contribution is -2.43. The summed E-state index contributed by atoms with van der Waals surface area (Å²) in [5, 5.41) is 7.60. The Balaban J connectivity index is 1.61. The predicted octanol–water partition coefficient (Wildman–Crippen LogP) is 1.46. The van der Waals surface area contributed by atoms with Gasteiger partial charge < -0.3 is 5.32 Å². The second-order valence-electron chi connectivity index (χ2n) is 8.75. The van der Waals surface area contributed by atoms with Crippen LogP contribution in [-0.4, -0.2) is 50.5 Å². The summed E-state index contributed by atoms with van der Waals surface area (Å²) in [5.41, 5.74) is 3.47. The molecule has 0 spiro atoms. The first-order chi connectivity index (χ1) is 16.2. The molecule has 34 heavy (non-hydrogen) atoms. The van der Waals surface area contributed by atoms with E-state index in [0.717, 1.165) is 24.2 Å². The highest BCUT2D eigenvalue weighted by Gasteiger charge is 2.43. The third-order valence-electron chi connectivity index (χ3n) is 5.60. The minimum Gasteiger partial charge on any atom is -0.324 e. The first kappa shape index (κ1) is 24.9. The Morgan fingerprint density at radius 3 is 2.35 bits per heavy atom. The van der Waals surface area contributed by atoms with Gasteiger partial charge in [-0.2, -0.15) is 5.10 Å². The van der Waals surface area contributed by atoms with Gasteiger partial charge in [0.25, 0.3) is 17.4 Å². The van der Waals surface area contributed by atoms with Gasteiger partial charge in [0.05, 0.1) is 5.39 Å². The summed E-state index contributed by atoms with van der Waals surface area (Å²) in [4.78, 5) is 62.9. The van der Waals surface area contributed by atoms with E-state index in [4.69, 9.17) is 0 Å². The first-order valence-electron chi connectivity index (χ1n) is 11.4. The van der Waals surface area contributed by atoms with Crippen LogP contribution in [0.3, 0.4) is 0 Å². The lowest BCUT2D eigenvalue weighted by atomic mass is 10.1. The van der Waals surface area contributed by atoms with Crippen LogP contribution >= 0.6 is 0 Å². The molecule has 0 aliphatic carbocycles. The van der Waals surface area contributed by atoms with Crippen LogP contribution in [0.4, 0.5) is 4.79 Å². The molecule has 11 nitrogen and oxygen atoms in total. The van der Waals surface area contributed by atoms with Gasteiger partial charge in [-0.3, -0.25) is 34.9 Å². The molecule has 3 N–H and O–H groups in total. The zero-order valence-electron chi connectivity index (χ0n) is 19.6. The Labute approximate surface area is 196 Å². The Morgan fingerprint density at radius 1 is 1.00 bits per heavy atom. The van der Waals surface area contributed by atoms with E-state index in [-0.39, 0.29) is 36.5 Å². The van der Waals surface area contributed by atoms with Crippen LogP contribution in [0.5, 0.6) is 0 Å². The van der Waals surface area contributed by atoms with Gasteiger partial charge >= 0.3 is 6.03 Å². The second-order valence-corrected chi connectivity index (χ2v) is 8.75. The number of hydrazine groups is 1. The zero-order chi connectivity index (χ0) is 24.9. The molecule has 2 aromatic rings. The average Bonchev–Trinajstić information content (AvgIpc) is 3.00. The number of carbonyl (C=O) groups is 4. The van der Waals surface area contributed by atoms with E-state index in [1.807, 2.05) is 0 Å². The van der Waals surface area contributed by atoms with Crippen LogP contribution in [0.1, 0.15) is 63.4 Å². The van der Waals surface area contributed by atoms with E-state index in [0.29, 0.717) is 17.3 Å². The molecule has 0 bridgehead atoms. The summed E-state index contributed by atoms with van der Waals surface area (Å²) in [7, 11) is 0. The van der Waals surface area contributed by atoms with Crippen molar-refractivity contribution in [3.63, 3.8) is 0 Å². The third-order valence-corrected chi connectivity index (χ3v) is 5.60. The molecule has 5 amide bonds. The zero-order valence-corrected chi connectivity index (χ0v) is 19.6. The van der Waals surface area contributed by atoms with Crippen molar-refractivity contribution < 1.29 is 19.2 Å². The maximum Gasteiger partial charge on any atom is 0.325 e. The Hall–Kier alpha value is -3.76. The fourth-order valence-electron chi connectivity index (χ4n) is 3.73. The van der Waals surface area contributed by atoms with Crippen molar-refractivity contribution in [1.29, 1.82) is 0 Å². The van der Waals surface area contributed by atoms with Crippen molar-refractivity contribution in [3.05, 3.63) is 40.3 Å². The number of aromatic nitrogens is 2. The number of benzene rings is 1. The summed E-state index contributed by atoms with van der Waals surface area (Å²) < 4.78 is 1.29. The number of nitrogens with one attached hydrogen (secondary N) is 3. The maximum absolute atomic E-state index is 12.8.